The highest BCUT2D eigenvalue weighted by molar-refractivity contribution is 7.86. The zero-order valence-corrected chi connectivity index (χ0v) is 36.4. The maximum absolute atomic E-state index is 16.9. The number of hydrogen-bond acceptors (Lipinski definition) is 8. The standard InChI is InChI=1S/C48H48O8P2/c1-27-11-28(2)16-35(15-27)57(49,36-17-29(3)12-30(4)18-36)41-24-40(51-9)45-47(55-26-54-45)43(41)39-23-42(46(52-10)48-44(39)53-25-56-48)58(50,37-19-31(5)13-32(6)20-37)38-21-33(7)14-34(8)22-38/h11-24H,25-26H2,1-10H3. The summed E-state index contributed by atoms with van der Waals surface area (Å²) in [4.78, 5) is 0. The third-order valence-corrected chi connectivity index (χ3v) is 16.8. The summed E-state index contributed by atoms with van der Waals surface area (Å²) in [5.41, 5.74) is 8.74. The summed E-state index contributed by atoms with van der Waals surface area (Å²) in [6.45, 7) is 15.9. The van der Waals surface area contributed by atoms with Crippen molar-refractivity contribution in [3.8, 4) is 45.6 Å². The summed E-state index contributed by atoms with van der Waals surface area (Å²) in [6.07, 6.45) is 0. The molecule has 2 heterocycles. The number of methoxy groups -OCH3 is 2. The molecule has 8 nitrogen and oxygen atoms in total. The van der Waals surface area contributed by atoms with Gasteiger partial charge in [0, 0.05) is 37.6 Å². The van der Waals surface area contributed by atoms with Gasteiger partial charge in [-0.3, -0.25) is 0 Å². The Balaban J connectivity index is 1.56. The van der Waals surface area contributed by atoms with Gasteiger partial charge in [-0.2, -0.15) is 0 Å². The van der Waals surface area contributed by atoms with Crippen LogP contribution in [0, 0.1) is 55.4 Å². The van der Waals surface area contributed by atoms with Gasteiger partial charge in [0.05, 0.1) is 19.5 Å². The Morgan fingerprint density at radius 1 is 0.414 bits per heavy atom. The number of fused-ring (bicyclic) bond motifs is 2. The van der Waals surface area contributed by atoms with E-state index >= 15 is 9.13 Å². The maximum Gasteiger partial charge on any atom is 0.231 e. The monoisotopic (exact) mass is 814 g/mol. The summed E-state index contributed by atoms with van der Waals surface area (Å²) in [7, 11) is -4.48. The minimum absolute atomic E-state index is 0.0915. The lowest BCUT2D eigenvalue weighted by molar-refractivity contribution is 0.170. The van der Waals surface area contributed by atoms with Gasteiger partial charge in [0.2, 0.25) is 25.1 Å². The molecule has 8 rings (SSSR count). The molecule has 0 fully saturated rings. The molecule has 0 bridgehead atoms. The predicted octanol–water partition coefficient (Wildman–Crippen LogP) is 8.57. The van der Waals surface area contributed by atoms with Crippen molar-refractivity contribution in [1.82, 2.24) is 0 Å². The molecule has 2 aliphatic heterocycles. The second kappa shape index (κ2) is 14.8. The number of rotatable bonds is 9. The average molecular weight is 815 g/mol. The van der Waals surface area contributed by atoms with E-state index < -0.39 is 14.3 Å². The molecule has 0 atom stereocenters. The van der Waals surface area contributed by atoms with Gasteiger partial charge in [0.25, 0.3) is 0 Å². The molecule has 10 heteroatoms. The number of hydrogen-bond donors (Lipinski definition) is 0. The number of aryl methyl sites for hydroxylation is 8. The molecule has 0 amide bonds. The highest BCUT2D eigenvalue weighted by Crippen LogP contribution is 2.60. The Kier molecular flexibility index (Phi) is 10.0. The van der Waals surface area contributed by atoms with Crippen molar-refractivity contribution in [2.75, 3.05) is 27.8 Å². The minimum Gasteiger partial charge on any atom is -0.493 e. The Hall–Kier alpha value is -5.42. The lowest BCUT2D eigenvalue weighted by atomic mass is 10.0. The van der Waals surface area contributed by atoms with Crippen LogP contribution in [0.25, 0.3) is 11.1 Å². The van der Waals surface area contributed by atoms with E-state index in [1.807, 2.05) is 110 Å². The summed E-state index contributed by atoms with van der Waals surface area (Å²) in [5.74, 6) is 2.03. The van der Waals surface area contributed by atoms with Crippen LogP contribution in [-0.4, -0.2) is 27.8 Å². The van der Waals surface area contributed by atoms with E-state index in [2.05, 4.69) is 24.3 Å². The van der Waals surface area contributed by atoms with Gasteiger partial charge in [-0.1, -0.05) is 68.8 Å². The molecule has 0 saturated heterocycles. The third-order valence-electron chi connectivity index (χ3n) is 10.8. The van der Waals surface area contributed by atoms with Gasteiger partial charge in [-0.25, -0.2) is 0 Å². The van der Waals surface area contributed by atoms with Crippen LogP contribution < -0.4 is 60.2 Å². The first kappa shape index (κ1) is 39.4. The van der Waals surface area contributed by atoms with Crippen molar-refractivity contribution in [3.05, 3.63) is 129 Å². The first-order chi connectivity index (χ1) is 27.6. The molecule has 0 saturated carbocycles. The SMILES string of the molecule is COc1cc(P(=O)(c2cc(C)cc(C)c2)c2cc(C)cc(C)c2)c(-c2cc(P(=O)(c3cc(C)cc(C)c3)c3cc(C)cc(C)c3)c(OC)c3c2OCO3)c2c1OCO2. The average Bonchev–Trinajstić information content (AvgIpc) is 3.86. The van der Waals surface area contributed by atoms with Crippen LogP contribution in [0.1, 0.15) is 44.5 Å². The number of ether oxygens (including phenoxy) is 6. The molecule has 0 unspecified atom stereocenters. The third kappa shape index (κ3) is 6.47. The molecule has 0 N–H and O–H groups in total. The Morgan fingerprint density at radius 3 is 1.17 bits per heavy atom. The highest BCUT2D eigenvalue weighted by atomic mass is 31.2. The van der Waals surface area contributed by atoms with Gasteiger partial charge in [0.15, 0.2) is 37.3 Å². The molecule has 2 aliphatic rings. The lowest BCUT2D eigenvalue weighted by Gasteiger charge is -2.28. The maximum atomic E-state index is 16.9. The molecule has 0 radical (unpaired) electrons. The van der Waals surface area contributed by atoms with E-state index in [1.54, 1.807) is 20.3 Å². The zero-order chi connectivity index (χ0) is 41.3. The molecule has 6 aromatic rings. The Bertz CT molecular complexity index is 2580. The van der Waals surface area contributed by atoms with Gasteiger partial charge < -0.3 is 37.6 Å². The molecule has 0 spiro atoms. The Morgan fingerprint density at radius 2 is 0.776 bits per heavy atom. The van der Waals surface area contributed by atoms with E-state index in [-0.39, 0.29) is 13.6 Å². The highest BCUT2D eigenvalue weighted by Gasteiger charge is 2.43. The van der Waals surface area contributed by atoms with E-state index in [9.17, 15) is 0 Å². The molecule has 298 valence electrons. The van der Waals surface area contributed by atoms with Crippen LogP contribution in [0.4, 0.5) is 0 Å². The second-order valence-electron chi connectivity index (χ2n) is 15.7. The predicted molar refractivity (Wildman–Crippen MR) is 234 cm³/mol. The summed E-state index contributed by atoms with van der Waals surface area (Å²) in [5, 5.41) is 3.45. The first-order valence-corrected chi connectivity index (χ1v) is 22.6. The van der Waals surface area contributed by atoms with Crippen molar-refractivity contribution < 1.29 is 37.6 Å². The largest absolute Gasteiger partial charge is 0.493 e. The Labute approximate surface area is 340 Å². The van der Waals surface area contributed by atoms with Crippen molar-refractivity contribution in [3.63, 3.8) is 0 Å². The first-order valence-electron chi connectivity index (χ1n) is 19.2. The van der Waals surface area contributed by atoms with Crippen molar-refractivity contribution >= 4 is 46.1 Å². The van der Waals surface area contributed by atoms with Gasteiger partial charge in [-0.05, 0) is 116 Å². The normalized spacial score (nSPS) is 13.2. The van der Waals surface area contributed by atoms with Crippen LogP contribution in [0.15, 0.2) is 84.9 Å². The molecule has 6 aromatic carbocycles. The molecular weight excluding hydrogens is 766 g/mol. The van der Waals surface area contributed by atoms with Gasteiger partial charge in [0.1, 0.15) is 0 Å². The number of benzene rings is 6. The molecular formula is C48H48O8P2. The van der Waals surface area contributed by atoms with E-state index in [0.29, 0.717) is 77.5 Å². The summed E-state index contributed by atoms with van der Waals surface area (Å²) >= 11 is 0. The van der Waals surface area contributed by atoms with Crippen LogP contribution >= 0.6 is 14.3 Å². The summed E-state index contributed by atoms with van der Waals surface area (Å²) in [6, 6.07) is 27.8. The van der Waals surface area contributed by atoms with Crippen molar-refractivity contribution in [1.29, 1.82) is 0 Å². The molecule has 58 heavy (non-hydrogen) atoms. The fraction of sp³-hybridized carbons (Fsp3) is 0.250. The molecule has 0 aromatic heterocycles. The van der Waals surface area contributed by atoms with E-state index in [0.717, 1.165) is 44.5 Å². The smallest absolute Gasteiger partial charge is 0.231 e. The lowest BCUT2D eigenvalue weighted by Crippen LogP contribution is -2.29. The molecule has 0 aliphatic carbocycles. The van der Waals surface area contributed by atoms with Crippen molar-refractivity contribution in [2.45, 2.75) is 55.4 Å². The van der Waals surface area contributed by atoms with E-state index in [4.69, 9.17) is 28.4 Å². The van der Waals surface area contributed by atoms with Crippen LogP contribution in [-0.2, 0) is 9.13 Å². The van der Waals surface area contributed by atoms with Crippen LogP contribution in [0.5, 0.6) is 34.5 Å². The van der Waals surface area contributed by atoms with Crippen LogP contribution in [0.2, 0.25) is 0 Å². The van der Waals surface area contributed by atoms with E-state index in [1.165, 1.54) is 0 Å². The quantitative estimate of drug-likeness (QED) is 0.134. The fourth-order valence-electron chi connectivity index (χ4n) is 8.72. The summed E-state index contributed by atoms with van der Waals surface area (Å²) < 4.78 is 70.8. The van der Waals surface area contributed by atoms with Crippen LogP contribution in [0.3, 0.4) is 0 Å². The minimum atomic E-state index is -3.81. The van der Waals surface area contributed by atoms with Gasteiger partial charge >= 0.3 is 0 Å². The fourth-order valence-corrected chi connectivity index (χ4v) is 15.1. The zero-order valence-electron chi connectivity index (χ0n) is 34.7. The topological polar surface area (TPSA) is 89.5 Å². The van der Waals surface area contributed by atoms with Crippen molar-refractivity contribution in [2.24, 2.45) is 0 Å². The van der Waals surface area contributed by atoms with Gasteiger partial charge in [-0.15, -0.1) is 0 Å². The second-order valence-corrected chi connectivity index (χ2v) is 21.1.